The largest absolute Gasteiger partial charge is 0.464 e. The van der Waals surface area contributed by atoms with Gasteiger partial charge in [0.2, 0.25) is 0 Å². The zero-order valence-corrected chi connectivity index (χ0v) is 10.6. The molecule has 0 radical (unpaired) electrons. The van der Waals surface area contributed by atoms with Gasteiger partial charge in [0.15, 0.2) is 0 Å². The second kappa shape index (κ2) is 3.92. The third kappa shape index (κ3) is 2.06. The molecular formula is C13H20F2O2. The molecule has 4 heteroatoms. The maximum atomic E-state index is 13.9. The standard InChI is InChI=1S/C13H20F2O2/c1-12(2,3)10-9-5-4-8(6-13(9,14)15)11(10)17-7-16/h7-11H,4-6H2,1-3H3. The van der Waals surface area contributed by atoms with Crippen LogP contribution in [0, 0.1) is 23.2 Å². The molecule has 0 aromatic rings. The monoisotopic (exact) mass is 246 g/mol. The van der Waals surface area contributed by atoms with Crippen molar-refractivity contribution < 1.29 is 18.3 Å². The normalized spacial score (nSPS) is 40.1. The van der Waals surface area contributed by atoms with Crippen molar-refractivity contribution in [1.29, 1.82) is 0 Å². The second-order valence-corrected chi connectivity index (χ2v) is 6.50. The van der Waals surface area contributed by atoms with E-state index in [1.54, 1.807) is 0 Å². The molecule has 4 atom stereocenters. The van der Waals surface area contributed by atoms with E-state index in [-0.39, 0.29) is 29.8 Å². The summed E-state index contributed by atoms with van der Waals surface area (Å²) in [5.74, 6) is -3.65. The Balaban J connectivity index is 2.33. The van der Waals surface area contributed by atoms with E-state index in [1.807, 2.05) is 20.8 Å². The first-order chi connectivity index (χ1) is 7.77. The third-order valence-corrected chi connectivity index (χ3v) is 4.39. The lowest BCUT2D eigenvalue weighted by molar-refractivity contribution is -0.226. The highest BCUT2D eigenvalue weighted by atomic mass is 19.3. The number of carbonyl (C=O) groups is 1. The summed E-state index contributed by atoms with van der Waals surface area (Å²) in [6, 6.07) is 0. The first-order valence-electron chi connectivity index (χ1n) is 6.24. The molecule has 3 fully saturated rings. The maximum absolute atomic E-state index is 13.9. The summed E-state index contributed by atoms with van der Waals surface area (Å²) in [4.78, 5) is 10.6. The van der Waals surface area contributed by atoms with Gasteiger partial charge in [0.05, 0.1) is 0 Å². The van der Waals surface area contributed by atoms with Crippen LogP contribution in [0.5, 0.6) is 0 Å². The topological polar surface area (TPSA) is 26.3 Å². The number of rotatable bonds is 2. The van der Waals surface area contributed by atoms with E-state index < -0.39 is 11.8 Å². The molecule has 0 saturated heterocycles. The van der Waals surface area contributed by atoms with Gasteiger partial charge in [0.1, 0.15) is 6.10 Å². The van der Waals surface area contributed by atoms with Crippen LogP contribution in [-0.2, 0) is 9.53 Å². The summed E-state index contributed by atoms with van der Waals surface area (Å²) in [6.45, 7) is 6.28. The number of alkyl halides is 2. The van der Waals surface area contributed by atoms with Gasteiger partial charge < -0.3 is 4.74 Å². The highest BCUT2D eigenvalue weighted by Gasteiger charge is 2.61. The van der Waals surface area contributed by atoms with E-state index in [0.717, 1.165) is 6.42 Å². The zero-order chi connectivity index (χ0) is 12.8. The number of halogens is 2. The molecule has 3 aliphatic carbocycles. The predicted octanol–water partition coefficient (Wildman–Crippen LogP) is 3.26. The van der Waals surface area contributed by atoms with E-state index in [1.165, 1.54) is 0 Å². The molecule has 2 nitrogen and oxygen atoms in total. The lowest BCUT2D eigenvalue weighted by atomic mass is 9.54. The third-order valence-electron chi connectivity index (χ3n) is 4.39. The molecule has 0 amide bonds. The van der Waals surface area contributed by atoms with Gasteiger partial charge >= 0.3 is 0 Å². The van der Waals surface area contributed by atoms with Crippen LogP contribution >= 0.6 is 0 Å². The summed E-state index contributed by atoms with van der Waals surface area (Å²) >= 11 is 0. The Bertz CT molecular complexity index is 309. The number of fused-ring (bicyclic) bond motifs is 3. The van der Waals surface area contributed by atoms with Crippen LogP contribution < -0.4 is 0 Å². The summed E-state index contributed by atoms with van der Waals surface area (Å²) in [5.41, 5.74) is -0.263. The summed E-state index contributed by atoms with van der Waals surface area (Å²) in [7, 11) is 0. The Kier molecular flexibility index (Phi) is 2.95. The van der Waals surface area contributed by atoms with Crippen LogP contribution in [0.15, 0.2) is 0 Å². The van der Waals surface area contributed by atoms with Crippen molar-refractivity contribution in [1.82, 2.24) is 0 Å². The van der Waals surface area contributed by atoms with Crippen molar-refractivity contribution in [2.75, 3.05) is 0 Å². The highest BCUT2D eigenvalue weighted by Crippen LogP contribution is 2.58. The molecule has 3 rings (SSSR count). The smallest absolute Gasteiger partial charge is 0.293 e. The van der Waals surface area contributed by atoms with Crippen LogP contribution in [0.3, 0.4) is 0 Å². The van der Waals surface area contributed by atoms with Crippen molar-refractivity contribution in [2.45, 2.75) is 52.1 Å². The molecule has 0 spiro atoms. The SMILES string of the molecule is CC(C)(C)C1C(OC=O)C2CCC1C(F)(F)C2. The second-order valence-electron chi connectivity index (χ2n) is 6.50. The van der Waals surface area contributed by atoms with Gasteiger partial charge in [0.25, 0.3) is 12.4 Å². The highest BCUT2D eigenvalue weighted by molar-refractivity contribution is 5.38. The molecule has 3 aliphatic rings. The van der Waals surface area contributed by atoms with Crippen molar-refractivity contribution in [2.24, 2.45) is 23.2 Å². The first-order valence-corrected chi connectivity index (χ1v) is 6.24. The minimum Gasteiger partial charge on any atom is -0.464 e. The minimum atomic E-state index is -2.59. The minimum absolute atomic E-state index is 0.122. The molecule has 4 unspecified atom stereocenters. The van der Waals surface area contributed by atoms with Gasteiger partial charge in [-0.15, -0.1) is 0 Å². The molecular weight excluding hydrogens is 226 g/mol. The van der Waals surface area contributed by atoms with Crippen LogP contribution in [0.1, 0.15) is 40.0 Å². The number of carbonyl (C=O) groups excluding carboxylic acids is 1. The van der Waals surface area contributed by atoms with E-state index >= 15 is 0 Å². The molecule has 98 valence electrons. The van der Waals surface area contributed by atoms with Crippen molar-refractivity contribution >= 4 is 6.47 Å². The molecule has 0 heterocycles. The van der Waals surface area contributed by atoms with Crippen molar-refractivity contribution in [3.63, 3.8) is 0 Å². The summed E-state index contributed by atoms with van der Waals surface area (Å²) < 4.78 is 33.0. The lowest BCUT2D eigenvalue weighted by Gasteiger charge is -2.55. The molecule has 0 aromatic carbocycles. The molecule has 17 heavy (non-hydrogen) atoms. The van der Waals surface area contributed by atoms with Gasteiger partial charge in [0, 0.05) is 24.2 Å². The molecule has 3 saturated carbocycles. The van der Waals surface area contributed by atoms with Gasteiger partial charge in [-0.1, -0.05) is 20.8 Å². The fraction of sp³-hybridized carbons (Fsp3) is 0.923. The van der Waals surface area contributed by atoms with Gasteiger partial charge in [-0.25, -0.2) is 8.78 Å². The van der Waals surface area contributed by atoms with E-state index in [0.29, 0.717) is 12.9 Å². The van der Waals surface area contributed by atoms with Crippen molar-refractivity contribution in [3.8, 4) is 0 Å². The van der Waals surface area contributed by atoms with Gasteiger partial charge in [-0.2, -0.15) is 0 Å². The Hall–Kier alpha value is -0.670. The number of hydrogen-bond donors (Lipinski definition) is 0. The van der Waals surface area contributed by atoms with Crippen LogP contribution in [-0.4, -0.2) is 18.5 Å². The van der Waals surface area contributed by atoms with Crippen LogP contribution in [0.4, 0.5) is 8.78 Å². The summed E-state index contributed by atoms with van der Waals surface area (Å²) in [5, 5.41) is 0. The molecule has 0 N–H and O–H groups in total. The van der Waals surface area contributed by atoms with Crippen molar-refractivity contribution in [3.05, 3.63) is 0 Å². The average Bonchev–Trinajstić information content (AvgIpc) is 2.16. The van der Waals surface area contributed by atoms with E-state index in [2.05, 4.69) is 0 Å². The number of ether oxygens (including phenoxy) is 1. The van der Waals surface area contributed by atoms with Crippen LogP contribution in [0.25, 0.3) is 0 Å². The Labute approximate surface area is 101 Å². The maximum Gasteiger partial charge on any atom is 0.293 e. The molecule has 2 bridgehead atoms. The lowest BCUT2D eigenvalue weighted by Crippen LogP contribution is -2.58. The van der Waals surface area contributed by atoms with Gasteiger partial charge in [-0.05, 0) is 18.3 Å². The Morgan fingerprint density at radius 1 is 1.29 bits per heavy atom. The first kappa shape index (κ1) is 12.8. The zero-order valence-electron chi connectivity index (χ0n) is 10.6. The van der Waals surface area contributed by atoms with Crippen LogP contribution in [0.2, 0.25) is 0 Å². The Morgan fingerprint density at radius 3 is 2.41 bits per heavy atom. The Morgan fingerprint density at radius 2 is 1.94 bits per heavy atom. The van der Waals surface area contributed by atoms with Gasteiger partial charge in [-0.3, -0.25) is 4.79 Å². The fourth-order valence-corrected chi connectivity index (χ4v) is 3.81. The fourth-order valence-electron chi connectivity index (χ4n) is 3.81. The molecule has 0 aliphatic heterocycles. The number of hydrogen-bond acceptors (Lipinski definition) is 2. The quantitative estimate of drug-likeness (QED) is 0.699. The van der Waals surface area contributed by atoms with E-state index in [4.69, 9.17) is 4.74 Å². The van der Waals surface area contributed by atoms with E-state index in [9.17, 15) is 13.6 Å². The predicted molar refractivity (Wildman–Crippen MR) is 59.7 cm³/mol. The summed E-state index contributed by atoms with van der Waals surface area (Å²) in [6.07, 6.45) is 0.859. The average molecular weight is 246 g/mol. The molecule has 0 aromatic heterocycles.